The van der Waals surface area contributed by atoms with Crippen molar-refractivity contribution >= 4 is 54.2 Å². The third kappa shape index (κ3) is 4.47. The van der Waals surface area contributed by atoms with E-state index in [0.717, 1.165) is 5.56 Å². The second-order valence-corrected chi connectivity index (χ2v) is 11.2. The Labute approximate surface area is 191 Å². The minimum atomic E-state index is -4.77. The van der Waals surface area contributed by atoms with Crippen molar-refractivity contribution in [1.82, 2.24) is 4.90 Å². The molecule has 1 aliphatic heterocycles. The predicted octanol–water partition coefficient (Wildman–Crippen LogP) is 2.89. The smallest absolute Gasteiger partial charge is 0.326 e. The Bertz CT molecular complexity index is 1130. The van der Waals surface area contributed by atoms with E-state index < -0.39 is 38.7 Å². The van der Waals surface area contributed by atoms with Crippen LogP contribution in [0.5, 0.6) is 11.5 Å². The number of benzene rings is 1. The Balaban J connectivity index is 2.07. The Morgan fingerprint density at radius 2 is 1.87 bits per heavy atom. The average molecular weight is 534 g/mol. The Hall–Kier alpha value is -2.02. The summed E-state index contributed by atoms with van der Waals surface area (Å²) in [6.07, 6.45) is 2.39. The topological polar surface area (TPSA) is 152 Å². The summed E-state index contributed by atoms with van der Waals surface area (Å²) in [6.45, 7) is 3.08. The van der Waals surface area contributed by atoms with Gasteiger partial charge in [-0.2, -0.15) is 8.42 Å². The van der Waals surface area contributed by atoms with Crippen molar-refractivity contribution in [2.75, 3.05) is 0 Å². The van der Waals surface area contributed by atoms with E-state index >= 15 is 0 Å². The molecule has 0 spiro atoms. The molecule has 1 aromatic carbocycles. The Morgan fingerprint density at radius 3 is 2.42 bits per heavy atom. The highest BCUT2D eigenvalue weighted by molar-refractivity contribution is 9.15. The quantitative estimate of drug-likeness (QED) is 0.254. The molecule has 31 heavy (non-hydrogen) atoms. The number of phenolic OH excluding ortho intramolecular Hbond substituents is 2. The molecule has 0 radical (unpaired) electrons. The highest BCUT2D eigenvalue weighted by atomic mass is 79.9. The number of nitrogens with zero attached hydrogens (tertiary/aromatic N) is 1. The van der Waals surface area contributed by atoms with E-state index in [1.165, 1.54) is 18.2 Å². The lowest BCUT2D eigenvalue weighted by atomic mass is 9.91. The monoisotopic (exact) mass is 533 g/mol. The maximum Gasteiger partial charge on any atom is 0.326 e. The van der Waals surface area contributed by atoms with Gasteiger partial charge in [-0.25, -0.2) is 4.79 Å². The second-order valence-electron chi connectivity index (χ2n) is 7.53. The molecule has 0 bridgehead atoms. The van der Waals surface area contributed by atoms with Crippen molar-refractivity contribution in [3.8, 4) is 11.5 Å². The fourth-order valence-corrected chi connectivity index (χ4v) is 6.57. The van der Waals surface area contributed by atoms with Crippen molar-refractivity contribution in [2.45, 2.75) is 37.4 Å². The van der Waals surface area contributed by atoms with Gasteiger partial charge in [0.25, 0.3) is 16.0 Å². The van der Waals surface area contributed by atoms with E-state index in [1.54, 1.807) is 13.8 Å². The van der Waals surface area contributed by atoms with Gasteiger partial charge in [0, 0.05) is 4.48 Å². The van der Waals surface area contributed by atoms with Crippen LogP contribution in [0.1, 0.15) is 31.4 Å². The Morgan fingerprint density at radius 1 is 1.26 bits per heavy atom. The number of hydrogen-bond donors (Lipinski definition) is 4. The number of hydrogen-bond acceptors (Lipinski definition) is 7. The number of carbonyl (C=O) groups is 2. The van der Waals surface area contributed by atoms with Gasteiger partial charge in [0.15, 0.2) is 11.5 Å². The molecule has 168 valence electrons. The fraction of sp³-hybridized carbons (Fsp3) is 0.368. The molecule has 3 rings (SSSR count). The van der Waals surface area contributed by atoms with Crippen molar-refractivity contribution in [3.05, 3.63) is 39.8 Å². The zero-order valence-electron chi connectivity index (χ0n) is 16.4. The number of halogens is 1. The van der Waals surface area contributed by atoms with Crippen molar-refractivity contribution in [1.29, 1.82) is 0 Å². The summed E-state index contributed by atoms with van der Waals surface area (Å²) in [6, 6.07) is 1.38. The first kappa shape index (κ1) is 23.6. The molecular weight excluding hydrogens is 514 g/mol. The summed E-state index contributed by atoms with van der Waals surface area (Å²) in [5, 5.41) is 29.1. The van der Waals surface area contributed by atoms with Gasteiger partial charge in [0.2, 0.25) is 4.71 Å². The number of amides is 1. The predicted molar refractivity (Wildman–Crippen MR) is 118 cm³/mol. The van der Waals surface area contributed by atoms with E-state index in [1.807, 2.05) is 0 Å². The molecule has 1 aliphatic carbocycles. The number of phenols is 2. The van der Waals surface area contributed by atoms with Gasteiger partial charge in [0.1, 0.15) is 6.04 Å². The number of fused-ring (bicyclic) bond motifs is 1. The van der Waals surface area contributed by atoms with E-state index in [4.69, 9.17) is 0 Å². The molecule has 2 unspecified atom stereocenters. The SMILES string of the molecule is CC(C)C(C(=O)O)N1C(=O)C(=CC2=C(Br)c3cc(O)c(O)cc3CC2)SC1S(=O)(=O)O. The van der Waals surface area contributed by atoms with Gasteiger partial charge in [-0.3, -0.25) is 14.2 Å². The van der Waals surface area contributed by atoms with Crippen LogP contribution in [-0.4, -0.2) is 55.8 Å². The van der Waals surface area contributed by atoms with Crippen LogP contribution >= 0.6 is 27.7 Å². The molecule has 1 aromatic rings. The third-order valence-electron chi connectivity index (χ3n) is 5.03. The number of allylic oxidation sites excluding steroid dienone is 2. The van der Waals surface area contributed by atoms with Gasteiger partial charge in [-0.05, 0) is 69.6 Å². The standard InChI is InChI=1S/C19H20BrNO8S2/c1-8(2)16(18(25)26)21-17(24)14(30-19(21)31(27,28)29)6-10-4-3-9-5-12(22)13(23)7-11(9)15(10)20/h5-8,16,19,22-23H,3-4H2,1-2H3,(H,25,26)(H,27,28,29). The maximum absolute atomic E-state index is 13.0. The van der Waals surface area contributed by atoms with Crippen LogP contribution in [0.3, 0.4) is 0 Å². The summed E-state index contributed by atoms with van der Waals surface area (Å²) in [5.74, 6) is -3.34. The number of carboxylic acid groups (broad SMARTS) is 1. The van der Waals surface area contributed by atoms with Crippen molar-refractivity contribution in [3.63, 3.8) is 0 Å². The first-order chi connectivity index (χ1) is 14.3. The highest BCUT2D eigenvalue weighted by Crippen LogP contribution is 2.45. The average Bonchev–Trinajstić information content (AvgIpc) is 2.96. The van der Waals surface area contributed by atoms with Crippen LogP contribution < -0.4 is 0 Å². The molecule has 2 aliphatic rings. The number of thioether (sulfide) groups is 1. The van der Waals surface area contributed by atoms with E-state index in [-0.39, 0.29) is 16.4 Å². The van der Waals surface area contributed by atoms with Gasteiger partial charge in [-0.1, -0.05) is 25.6 Å². The molecule has 1 amide bonds. The second kappa shape index (κ2) is 8.49. The van der Waals surface area contributed by atoms with Crippen molar-refractivity contribution < 1.29 is 37.9 Å². The summed E-state index contributed by atoms with van der Waals surface area (Å²) < 4.78 is 32.3. The van der Waals surface area contributed by atoms with Crippen molar-refractivity contribution in [2.24, 2.45) is 5.92 Å². The molecule has 9 nitrogen and oxygen atoms in total. The van der Waals surface area contributed by atoms with Gasteiger partial charge < -0.3 is 15.3 Å². The zero-order chi connectivity index (χ0) is 23.2. The fourth-order valence-electron chi connectivity index (χ4n) is 3.60. The van der Waals surface area contributed by atoms with Crippen LogP contribution in [0.4, 0.5) is 0 Å². The molecular formula is C19H20BrNO8S2. The van der Waals surface area contributed by atoms with Gasteiger partial charge in [0.05, 0.1) is 4.91 Å². The number of aliphatic carboxylic acids is 1. The first-order valence-electron chi connectivity index (χ1n) is 9.17. The van der Waals surface area contributed by atoms with Crippen LogP contribution in [0, 0.1) is 5.92 Å². The maximum atomic E-state index is 13.0. The minimum Gasteiger partial charge on any atom is -0.504 e. The van der Waals surface area contributed by atoms with Crippen LogP contribution in [0.15, 0.2) is 28.7 Å². The normalized spacial score (nSPS) is 21.7. The third-order valence-corrected chi connectivity index (χ3v) is 8.69. The van der Waals surface area contributed by atoms with Crippen LogP contribution in [-0.2, 0) is 26.1 Å². The molecule has 2 atom stereocenters. The molecule has 1 fully saturated rings. The lowest BCUT2D eigenvalue weighted by Gasteiger charge is -2.30. The van der Waals surface area contributed by atoms with Gasteiger partial charge in [-0.15, -0.1) is 0 Å². The Kier molecular flexibility index (Phi) is 6.47. The highest BCUT2D eigenvalue weighted by Gasteiger charge is 2.50. The molecule has 0 aromatic heterocycles. The molecule has 1 saturated heterocycles. The molecule has 1 heterocycles. The van der Waals surface area contributed by atoms with Gasteiger partial charge >= 0.3 is 5.97 Å². The minimum absolute atomic E-state index is 0.0204. The summed E-state index contributed by atoms with van der Waals surface area (Å²) >= 11 is 4.00. The molecule has 4 N–H and O–H groups in total. The van der Waals surface area contributed by atoms with Crippen LogP contribution in [0.25, 0.3) is 4.48 Å². The number of carbonyl (C=O) groups excluding carboxylic acids is 1. The number of aromatic hydroxyl groups is 2. The first-order valence-corrected chi connectivity index (χ1v) is 12.3. The molecule has 12 heteroatoms. The largest absolute Gasteiger partial charge is 0.504 e. The van der Waals surface area contributed by atoms with E-state index in [0.29, 0.717) is 45.1 Å². The van der Waals surface area contributed by atoms with E-state index in [9.17, 15) is 37.9 Å². The lowest BCUT2D eigenvalue weighted by molar-refractivity contribution is -0.149. The zero-order valence-corrected chi connectivity index (χ0v) is 19.7. The summed E-state index contributed by atoms with van der Waals surface area (Å²) in [7, 11) is -4.77. The van der Waals surface area contributed by atoms with Crippen LogP contribution in [0.2, 0.25) is 0 Å². The number of rotatable bonds is 5. The summed E-state index contributed by atoms with van der Waals surface area (Å²) in [4.78, 5) is 25.4. The van der Waals surface area contributed by atoms with E-state index in [2.05, 4.69) is 15.9 Å². The number of aryl methyl sites for hydroxylation is 1. The number of carboxylic acids is 1. The lowest BCUT2D eigenvalue weighted by Crippen LogP contribution is -2.51. The molecule has 0 saturated carbocycles. The summed E-state index contributed by atoms with van der Waals surface area (Å²) in [5.41, 5.74) is 2.01.